The summed E-state index contributed by atoms with van der Waals surface area (Å²) in [5.74, 6) is 0.481. The van der Waals surface area contributed by atoms with Crippen LogP contribution in [0.4, 0.5) is 18.9 Å². The number of H-pyrrole nitrogens is 1. The molecule has 2 aromatic heterocycles. The summed E-state index contributed by atoms with van der Waals surface area (Å²) in [6.45, 7) is 1.63. The van der Waals surface area contributed by atoms with Gasteiger partial charge in [-0.25, -0.2) is 0 Å². The van der Waals surface area contributed by atoms with E-state index < -0.39 is 11.7 Å². The lowest BCUT2D eigenvalue weighted by Gasteiger charge is -2.33. The van der Waals surface area contributed by atoms with Gasteiger partial charge in [0.25, 0.3) is 0 Å². The van der Waals surface area contributed by atoms with Crippen LogP contribution < -0.4 is 10.5 Å². The summed E-state index contributed by atoms with van der Waals surface area (Å²) in [5.41, 5.74) is 2.77. The van der Waals surface area contributed by atoms with E-state index in [1.54, 1.807) is 24.4 Å². The van der Waals surface area contributed by atoms with Crippen LogP contribution in [0.1, 0.15) is 24.1 Å². The van der Waals surface area contributed by atoms with Crippen LogP contribution in [0.25, 0.3) is 11.3 Å². The summed E-state index contributed by atoms with van der Waals surface area (Å²) in [7, 11) is 0. The smallest absolute Gasteiger partial charge is 0.372 e. The molecule has 7 heteroatoms. The van der Waals surface area contributed by atoms with Gasteiger partial charge in [-0.1, -0.05) is 6.07 Å². The lowest BCUT2D eigenvalue weighted by atomic mass is 9.91. The molecule has 1 saturated heterocycles. The molecular formula is C23H22F3N3O. The molecule has 4 nitrogen and oxygen atoms in total. The van der Waals surface area contributed by atoms with Crippen LogP contribution in [0.2, 0.25) is 0 Å². The van der Waals surface area contributed by atoms with E-state index in [0.29, 0.717) is 5.92 Å². The van der Waals surface area contributed by atoms with Gasteiger partial charge in [0.15, 0.2) is 0 Å². The van der Waals surface area contributed by atoms with Gasteiger partial charge < -0.3 is 9.88 Å². The van der Waals surface area contributed by atoms with Crippen LogP contribution in [0.15, 0.2) is 65.6 Å². The molecule has 156 valence electrons. The molecule has 0 bridgehead atoms. The number of hydrogen-bond donors (Lipinski definition) is 1. The summed E-state index contributed by atoms with van der Waals surface area (Å²) in [4.78, 5) is 20.8. The highest BCUT2D eigenvalue weighted by Crippen LogP contribution is 2.32. The van der Waals surface area contributed by atoms with Gasteiger partial charge in [0, 0.05) is 42.3 Å². The number of aromatic amines is 1. The summed E-state index contributed by atoms with van der Waals surface area (Å²) in [6, 6.07) is 14.5. The first kappa shape index (κ1) is 20.2. The summed E-state index contributed by atoms with van der Waals surface area (Å²) < 4.78 is 38.2. The maximum Gasteiger partial charge on any atom is 0.416 e. The number of benzene rings is 1. The Morgan fingerprint density at radius 1 is 1.00 bits per heavy atom. The monoisotopic (exact) mass is 413 g/mol. The largest absolute Gasteiger partial charge is 0.416 e. The average molecular weight is 413 g/mol. The van der Waals surface area contributed by atoms with Gasteiger partial charge >= 0.3 is 6.18 Å². The topological polar surface area (TPSA) is 49.0 Å². The molecule has 30 heavy (non-hydrogen) atoms. The summed E-state index contributed by atoms with van der Waals surface area (Å²) >= 11 is 0. The molecule has 1 aromatic carbocycles. The Morgan fingerprint density at radius 2 is 1.73 bits per heavy atom. The van der Waals surface area contributed by atoms with Gasteiger partial charge in [-0.2, -0.15) is 13.2 Å². The quantitative estimate of drug-likeness (QED) is 0.661. The molecular weight excluding hydrogens is 391 g/mol. The average Bonchev–Trinajstić information content (AvgIpc) is 2.75. The first-order chi connectivity index (χ1) is 14.4. The minimum atomic E-state index is -4.30. The van der Waals surface area contributed by atoms with Crippen molar-refractivity contribution in [3.05, 3.63) is 82.4 Å². The zero-order valence-corrected chi connectivity index (χ0v) is 16.3. The molecule has 1 aliphatic heterocycles. The Balaban J connectivity index is 1.36. The molecule has 3 heterocycles. The number of pyridine rings is 2. The zero-order chi connectivity index (χ0) is 21.1. The third kappa shape index (κ3) is 4.72. The van der Waals surface area contributed by atoms with Gasteiger partial charge in [-0.05, 0) is 67.6 Å². The Kier molecular flexibility index (Phi) is 5.61. The molecule has 3 aromatic rings. The number of anilines is 1. The number of halogens is 3. The van der Waals surface area contributed by atoms with Gasteiger partial charge in [0.2, 0.25) is 5.56 Å². The van der Waals surface area contributed by atoms with E-state index in [4.69, 9.17) is 4.98 Å². The third-order valence-corrected chi connectivity index (χ3v) is 5.56. The number of alkyl halides is 3. The van der Waals surface area contributed by atoms with E-state index in [1.807, 2.05) is 18.2 Å². The van der Waals surface area contributed by atoms with Crippen molar-refractivity contribution in [3.8, 4) is 11.3 Å². The molecule has 0 atom stereocenters. The van der Waals surface area contributed by atoms with E-state index in [-0.39, 0.29) is 5.56 Å². The predicted molar refractivity (Wildman–Crippen MR) is 110 cm³/mol. The van der Waals surface area contributed by atoms with Gasteiger partial charge in [-0.15, -0.1) is 0 Å². The second-order valence-electron chi connectivity index (χ2n) is 7.63. The van der Waals surface area contributed by atoms with Crippen molar-refractivity contribution < 1.29 is 13.2 Å². The maximum atomic E-state index is 12.7. The minimum Gasteiger partial charge on any atom is -0.372 e. The van der Waals surface area contributed by atoms with Crippen molar-refractivity contribution in [1.82, 2.24) is 9.97 Å². The first-order valence-corrected chi connectivity index (χ1v) is 9.96. The van der Waals surface area contributed by atoms with E-state index in [9.17, 15) is 18.0 Å². The second-order valence-corrected chi connectivity index (χ2v) is 7.63. The van der Waals surface area contributed by atoms with E-state index in [1.165, 1.54) is 6.07 Å². The Labute approximate surface area is 172 Å². The Morgan fingerprint density at radius 3 is 2.37 bits per heavy atom. The number of rotatable bonds is 4. The Hall–Kier alpha value is -3.09. The number of piperidine rings is 1. The summed E-state index contributed by atoms with van der Waals surface area (Å²) in [6.07, 6.45) is 0.147. The molecule has 1 aliphatic rings. The normalized spacial score (nSPS) is 15.4. The van der Waals surface area contributed by atoms with Crippen molar-refractivity contribution in [2.75, 3.05) is 18.0 Å². The highest BCUT2D eigenvalue weighted by atomic mass is 19.4. The van der Waals surface area contributed by atoms with E-state index in [0.717, 1.165) is 67.1 Å². The lowest BCUT2D eigenvalue weighted by molar-refractivity contribution is -0.137. The molecule has 0 aliphatic carbocycles. The third-order valence-electron chi connectivity index (χ3n) is 5.56. The molecule has 1 N–H and O–H groups in total. The molecule has 0 amide bonds. The van der Waals surface area contributed by atoms with Crippen LogP contribution >= 0.6 is 0 Å². The SMILES string of the molecule is O=c1ccc(-c2cccc(CC3CCN(c4ccc(C(F)(F)F)cc4)CC3)n2)c[nH]1. The predicted octanol–water partition coefficient (Wildman–Crippen LogP) is 4.91. The van der Waals surface area contributed by atoms with Crippen LogP contribution in [-0.4, -0.2) is 23.1 Å². The summed E-state index contributed by atoms with van der Waals surface area (Å²) in [5, 5.41) is 0. The molecule has 1 fully saturated rings. The van der Waals surface area contributed by atoms with Crippen molar-refractivity contribution in [3.63, 3.8) is 0 Å². The first-order valence-electron chi connectivity index (χ1n) is 9.96. The standard InChI is InChI=1S/C23H22F3N3O/c24-23(25,26)18-5-7-20(8-6-18)29-12-10-16(11-13-29)14-19-2-1-3-21(28-19)17-4-9-22(30)27-15-17/h1-9,15-16H,10-14H2,(H,27,30). The number of aromatic nitrogens is 2. The fourth-order valence-corrected chi connectivity index (χ4v) is 3.88. The highest BCUT2D eigenvalue weighted by Gasteiger charge is 2.30. The van der Waals surface area contributed by atoms with E-state index >= 15 is 0 Å². The Bertz CT molecular complexity index is 1030. The molecule has 4 rings (SSSR count). The van der Waals surface area contributed by atoms with Crippen molar-refractivity contribution >= 4 is 5.69 Å². The molecule has 0 saturated carbocycles. The van der Waals surface area contributed by atoms with Crippen LogP contribution in [0, 0.1) is 5.92 Å². The van der Waals surface area contributed by atoms with Crippen LogP contribution in [-0.2, 0) is 12.6 Å². The molecule has 0 spiro atoms. The second kappa shape index (κ2) is 8.34. The van der Waals surface area contributed by atoms with Crippen LogP contribution in [0.3, 0.4) is 0 Å². The maximum absolute atomic E-state index is 12.7. The minimum absolute atomic E-state index is 0.144. The van der Waals surface area contributed by atoms with Gasteiger partial charge in [0.1, 0.15) is 0 Å². The number of nitrogens with one attached hydrogen (secondary N) is 1. The number of nitrogens with zero attached hydrogens (tertiary/aromatic N) is 2. The molecule has 0 unspecified atom stereocenters. The van der Waals surface area contributed by atoms with Crippen molar-refractivity contribution in [2.24, 2.45) is 5.92 Å². The van der Waals surface area contributed by atoms with Crippen molar-refractivity contribution in [2.45, 2.75) is 25.4 Å². The molecule has 0 radical (unpaired) electrons. The lowest BCUT2D eigenvalue weighted by Crippen LogP contribution is -2.34. The van der Waals surface area contributed by atoms with Crippen molar-refractivity contribution in [1.29, 1.82) is 0 Å². The fraction of sp³-hybridized carbons (Fsp3) is 0.304. The highest BCUT2D eigenvalue weighted by molar-refractivity contribution is 5.57. The van der Waals surface area contributed by atoms with Crippen LogP contribution in [0.5, 0.6) is 0 Å². The zero-order valence-electron chi connectivity index (χ0n) is 16.3. The van der Waals surface area contributed by atoms with Gasteiger partial charge in [0.05, 0.1) is 11.3 Å². The fourth-order valence-electron chi connectivity index (χ4n) is 3.88. The number of hydrogen-bond acceptors (Lipinski definition) is 3. The van der Waals surface area contributed by atoms with Gasteiger partial charge in [-0.3, -0.25) is 9.78 Å². The van der Waals surface area contributed by atoms with E-state index in [2.05, 4.69) is 9.88 Å².